The Morgan fingerprint density at radius 2 is 1.84 bits per heavy atom. The number of nitrogens with one attached hydrogen (secondary N) is 1. The second-order valence-electron chi connectivity index (χ2n) is 5.41. The van der Waals surface area contributed by atoms with E-state index in [1.165, 1.54) is 12.1 Å². The summed E-state index contributed by atoms with van der Waals surface area (Å²) < 4.78 is 22.2. The van der Waals surface area contributed by atoms with E-state index in [2.05, 4.69) is 19.2 Å². The Morgan fingerprint density at radius 3 is 2.32 bits per heavy atom. The Labute approximate surface area is 114 Å². The standard InChI is InChI=1S/C13H22N2O3S/c1-13(2,8-3-9-16)10-15-11-4-6-12(7-5-11)19(14,17)18/h4-7,15-16H,3,8-10H2,1-2H3,(H2,14,17,18). The highest BCUT2D eigenvalue weighted by Gasteiger charge is 2.17. The number of sulfonamides is 1. The van der Waals surface area contributed by atoms with Crippen molar-refractivity contribution in [2.75, 3.05) is 18.5 Å². The minimum absolute atomic E-state index is 0.0708. The van der Waals surface area contributed by atoms with Gasteiger partial charge in [0.05, 0.1) is 4.90 Å². The van der Waals surface area contributed by atoms with Crippen LogP contribution in [0, 0.1) is 5.41 Å². The van der Waals surface area contributed by atoms with Gasteiger partial charge in [-0.3, -0.25) is 0 Å². The van der Waals surface area contributed by atoms with E-state index in [0.29, 0.717) is 0 Å². The maximum absolute atomic E-state index is 11.1. The predicted molar refractivity (Wildman–Crippen MR) is 76.4 cm³/mol. The van der Waals surface area contributed by atoms with Crippen LogP contribution in [-0.2, 0) is 10.0 Å². The molecular formula is C13H22N2O3S. The molecule has 4 N–H and O–H groups in total. The van der Waals surface area contributed by atoms with Crippen LogP contribution in [0.25, 0.3) is 0 Å². The topological polar surface area (TPSA) is 92.4 Å². The van der Waals surface area contributed by atoms with Crippen LogP contribution in [-0.4, -0.2) is 26.7 Å². The average molecular weight is 286 g/mol. The lowest BCUT2D eigenvalue weighted by atomic mass is 9.88. The monoisotopic (exact) mass is 286 g/mol. The number of hydrogen-bond acceptors (Lipinski definition) is 4. The van der Waals surface area contributed by atoms with Crippen molar-refractivity contribution in [3.05, 3.63) is 24.3 Å². The Morgan fingerprint density at radius 1 is 1.26 bits per heavy atom. The summed E-state index contributed by atoms with van der Waals surface area (Å²) >= 11 is 0. The molecule has 1 aromatic rings. The number of rotatable bonds is 7. The van der Waals surface area contributed by atoms with Crippen molar-refractivity contribution in [2.45, 2.75) is 31.6 Å². The minimum Gasteiger partial charge on any atom is -0.396 e. The van der Waals surface area contributed by atoms with Crippen molar-refractivity contribution < 1.29 is 13.5 Å². The third kappa shape index (κ3) is 5.59. The van der Waals surface area contributed by atoms with Crippen LogP contribution in [0.5, 0.6) is 0 Å². The van der Waals surface area contributed by atoms with Gasteiger partial charge in [-0.25, -0.2) is 13.6 Å². The van der Waals surface area contributed by atoms with Crippen molar-refractivity contribution >= 4 is 15.7 Å². The van der Waals surface area contributed by atoms with Gasteiger partial charge in [-0.1, -0.05) is 13.8 Å². The van der Waals surface area contributed by atoms with E-state index in [4.69, 9.17) is 10.2 Å². The molecule has 6 heteroatoms. The van der Waals surface area contributed by atoms with Gasteiger partial charge in [0.15, 0.2) is 0 Å². The molecule has 1 aromatic carbocycles. The molecule has 0 radical (unpaired) electrons. The third-order valence-electron chi connectivity index (χ3n) is 2.97. The summed E-state index contributed by atoms with van der Waals surface area (Å²) in [5.74, 6) is 0. The van der Waals surface area contributed by atoms with Crippen molar-refractivity contribution in [2.24, 2.45) is 10.6 Å². The van der Waals surface area contributed by atoms with Crippen LogP contribution in [0.4, 0.5) is 5.69 Å². The fourth-order valence-corrected chi connectivity index (χ4v) is 2.27. The number of anilines is 1. The molecule has 0 aliphatic heterocycles. The molecule has 0 aromatic heterocycles. The van der Waals surface area contributed by atoms with E-state index in [-0.39, 0.29) is 16.9 Å². The quantitative estimate of drug-likeness (QED) is 0.709. The van der Waals surface area contributed by atoms with Gasteiger partial charge < -0.3 is 10.4 Å². The smallest absolute Gasteiger partial charge is 0.238 e. The molecule has 5 nitrogen and oxygen atoms in total. The lowest BCUT2D eigenvalue weighted by Gasteiger charge is -2.25. The summed E-state index contributed by atoms with van der Waals surface area (Å²) in [6.07, 6.45) is 1.70. The molecule has 0 fully saturated rings. The van der Waals surface area contributed by atoms with Gasteiger partial charge in [0.2, 0.25) is 10.0 Å². The van der Waals surface area contributed by atoms with E-state index in [0.717, 1.165) is 25.1 Å². The number of aliphatic hydroxyl groups is 1. The molecule has 0 heterocycles. The van der Waals surface area contributed by atoms with Crippen molar-refractivity contribution in [1.29, 1.82) is 0 Å². The first kappa shape index (κ1) is 15.9. The first-order valence-corrected chi connectivity index (χ1v) is 7.77. The van der Waals surface area contributed by atoms with E-state index in [1.54, 1.807) is 12.1 Å². The summed E-state index contributed by atoms with van der Waals surface area (Å²) in [4.78, 5) is 0.109. The van der Waals surface area contributed by atoms with Crippen LogP contribution in [0.1, 0.15) is 26.7 Å². The van der Waals surface area contributed by atoms with Crippen molar-refractivity contribution in [1.82, 2.24) is 0 Å². The summed E-state index contributed by atoms with van der Waals surface area (Å²) in [6, 6.07) is 6.36. The number of nitrogens with two attached hydrogens (primary N) is 1. The van der Waals surface area contributed by atoms with E-state index in [9.17, 15) is 8.42 Å². The molecule has 0 saturated carbocycles. The molecule has 0 aliphatic carbocycles. The number of primary sulfonamides is 1. The Balaban J connectivity index is 2.59. The largest absolute Gasteiger partial charge is 0.396 e. The van der Waals surface area contributed by atoms with Gasteiger partial charge in [-0.2, -0.15) is 0 Å². The van der Waals surface area contributed by atoms with Crippen molar-refractivity contribution in [3.8, 4) is 0 Å². The summed E-state index contributed by atoms with van der Waals surface area (Å²) in [5.41, 5.74) is 0.922. The minimum atomic E-state index is -3.63. The van der Waals surface area contributed by atoms with Crippen molar-refractivity contribution in [3.63, 3.8) is 0 Å². The van der Waals surface area contributed by atoms with Gasteiger partial charge in [0.1, 0.15) is 0 Å². The maximum atomic E-state index is 11.1. The molecule has 0 bridgehead atoms. The van der Waals surface area contributed by atoms with Gasteiger partial charge in [0.25, 0.3) is 0 Å². The number of benzene rings is 1. The van der Waals surface area contributed by atoms with E-state index in [1.807, 2.05) is 0 Å². The fraction of sp³-hybridized carbons (Fsp3) is 0.538. The maximum Gasteiger partial charge on any atom is 0.238 e. The van der Waals surface area contributed by atoms with Crippen LogP contribution in [0.15, 0.2) is 29.2 Å². The highest BCUT2D eigenvalue weighted by Crippen LogP contribution is 2.23. The SMILES string of the molecule is CC(C)(CCCO)CNc1ccc(S(N)(=O)=O)cc1. The van der Waals surface area contributed by atoms with Crippen LogP contribution >= 0.6 is 0 Å². The van der Waals surface area contributed by atoms with Crippen LogP contribution < -0.4 is 10.5 Å². The average Bonchev–Trinajstić information content (AvgIpc) is 2.34. The second-order valence-corrected chi connectivity index (χ2v) is 6.98. The number of aliphatic hydroxyl groups excluding tert-OH is 1. The molecule has 108 valence electrons. The normalized spacial score (nSPS) is 12.4. The predicted octanol–water partition coefficient (Wildman–Crippen LogP) is 1.54. The zero-order valence-corrected chi connectivity index (χ0v) is 12.2. The highest BCUT2D eigenvalue weighted by atomic mass is 32.2. The lowest BCUT2D eigenvalue weighted by Crippen LogP contribution is -2.23. The van der Waals surface area contributed by atoms with Gasteiger partial charge in [0, 0.05) is 18.8 Å². The zero-order chi connectivity index (χ0) is 14.5. The fourth-order valence-electron chi connectivity index (χ4n) is 1.75. The highest BCUT2D eigenvalue weighted by molar-refractivity contribution is 7.89. The van der Waals surface area contributed by atoms with E-state index < -0.39 is 10.0 Å². The molecule has 0 atom stereocenters. The molecule has 0 saturated heterocycles. The van der Waals surface area contributed by atoms with Gasteiger partial charge >= 0.3 is 0 Å². The van der Waals surface area contributed by atoms with E-state index >= 15 is 0 Å². The molecule has 19 heavy (non-hydrogen) atoms. The first-order valence-electron chi connectivity index (χ1n) is 6.22. The summed E-state index contributed by atoms with van der Waals surface area (Å²) in [6.45, 7) is 5.19. The second kappa shape index (κ2) is 6.36. The molecule has 1 rings (SSSR count). The van der Waals surface area contributed by atoms with Crippen LogP contribution in [0.2, 0.25) is 0 Å². The van der Waals surface area contributed by atoms with Gasteiger partial charge in [-0.15, -0.1) is 0 Å². The van der Waals surface area contributed by atoms with Gasteiger partial charge in [-0.05, 0) is 42.5 Å². The number of hydrogen-bond donors (Lipinski definition) is 3. The zero-order valence-electron chi connectivity index (χ0n) is 11.4. The molecule has 0 amide bonds. The molecule has 0 unspecified atom stereocenters. The lowest BCUT2D eigenvalue weighted by molar-refractivity contribution is 0.248. The summed E-state index contributed by atoms with van der Waals surface area (Å²) in [5, 5.41) is 17.1. The molecule has 0 aliphatic rings. The first-order chi connectivity index (χ1) is 8.74. The Kier molecular flexibility index (Phi) is 5.34. The van der Waals surface area contributed by atoms with Crippen LogP contribution in [0.3, 0.4) is 0 Å². The third-order valence-corrected chi connectivity index (χ3v) is 3.89. The molecule has 0 spiro atoms. The Bertz CT molecular complexity index is 495. The molecular weight excluding hydrogens is 264 g/mol. The summed E-state index contributed by atoms with van der Waals surface area (Å²) in [7, 11) is -3.63. The Hall–Kier alpha value is -1.11.